The number of rotatable bonds is 5. The van der Waals surface area contributed by atoms with Crippen molar-refractivity contribution in [1.29, 1.82) is 5.26 Å². The van der Waals surface area contributed by atoms with Gasteiger partial charge in [0.2, 0.25) is 0 Å². The van der Waals surface area contributed by atoms with Crippen LogP contribution >= 0.6 is 11.6 Å². The molecule has 2 N–H and O–H groups in total. The molecule has 7 nitrogen and oxygen atoms in total. The van der Waals surface area contributed by atoms with Crippen molar-refractivity contribution in [2.45, 2.75) is 6.92 Å². The highest BCUT2D eigenvalue weighted by Gasteiger charge is 2.12. The maximum absolute atomic E-state index is 12.2. The number of nitriles is 1. The van der Waals surface area contributed by atoms with E-state index in [9.17, 15) is 14.9 Å². The summed E-state index contributed by atoms with van der Waals surface area (Å²) in [7, 11) is 0. The van der Waals surface area contributed by atoms with Crippen molar-refractivity contribution in [3.63, 3.8) is 0 Å². The van der Waals surface area contributed by atoms with E-state index in [1.54, 1.807) is 31.2 Å². The minimum atomic E-state index is -0.595. The van der Waals surface area contributed by atoms with Crippen LogP contribution in [0.15, 0.2) is 54.2 Å². The lowest BCUT2D eigenvalue weighted by Gasteiger charge is -2.09. The van der Waals surface area contributed by atoms with Gasteiger partial charge in [-0.2, -0.15) is 5.26 Å². The normalized spacial score (nSPS) is 10.7. The van der Waals surface area contributed by atoms with Gasteiger partial charge in [0.25, 0.3) is 11.6 Å². The number of anilines is 2. The predicted molar refractivity (Wildman–Crippen MR) is 95.2 cm³/mol. The molecule has 0 saturated carbocycles. The van der Waals surface area contributed by atoms with E-state index in [2.05, 4.69) is 10.6 Å². The van der Waals surface area contributed by atoms with Crippen LogP contribution in [0.3, 0.4) is 0 Å². The summed E-state index contributed by atoms with van der Waals surface area (Å²) in [6.07, 6.45) is 1.23. The number of carbonyl (C=O) groups excluding carboxylic acids is 1. The molecule has 1 amide bonds. The second-order valence-corrected chi connectivity index (χ2v) is 5.39. The number of carbonyl (C=O) groups is 1. The molecule has 0 radical (unpaired) electrons. The van der Waals surface area contributed by atoms with Crippen molar-refractivity contribution in [1.82, 2.24) is 0 Å². The summed E-state index contributed by atoms with van der Waals surface area (Å²) in [6, 6.07) is 12.5. The SMILES string of the molecule is Cc1c(Cl)cccc1NC(=O)/C(C#N)=C\Nc1ccc([N+](=O)[O-])cc1. The number of hydrogen-bond donors (Lipinski definition) is 2. The summed E-state index contributed by atoms with van der Waals surface area (Å²) in [6.45, 7) is 1.75. The van der Waals surface area contributed by atoms with Crippen LogP contribution < -0.4 is 10.6 Å². The van der Waals surface area contributed by atoms with Gasteiger partial charge in [-0.1, -0.05) is 17.7 Å². The number of non-ortho nitro benzene ring substituents is 1. The Labute approximate surface area is 148 Å². The van der Waals surface area contributed by atoms with Crippen LogP contribution in [0.4, 0.5) is 17.1 Å². The Kier molecular flexibility index (Phi) is 5.71. The Balaban J connectivity index is 2.11. The van der Waals surface area contributed by atoms with Crippen molar-refractivity contribution in [3.05, 3.63) is 74.9 Å². The van der Waals surface area contributed by atoms with Crippen LogP contribution in [0.5, 0.6) is 0 Å². The number of hydrogen-bond acceptors (Lipinski definition) is 5. The molecular weight excluding hydrogens is 344 g/mol. The van der Waals surface area contributed by atoms with Gasteiger partial charge < -0.3 is 10.6 Å². The second kappa shape index (κ2) is 7.95. The molecule has 0 aliphatic heterocycles. The lowest BCUT2D eigenvalue weighted by Crippen LogP contribution is -2.15. The maximum Gasteiger partial charge on any atom is 0.269 e. The standard InChI is InChI=1S/C17H13ClN4O3/c1-11-15(18)3-2-4-16(11)21-17(23)12(9-19)10-20-13-5-7-14(8-6-13)22(24)25/h2-8,10,20H,1H3,(H,21,23)/b12-10-. The number of nitro groups is 1. The third-order valence-corrected chi connectivity index (χ3v) is 3.75. The summed E-state index contributed by atoms with van der Waals surface area (Å²) < 4.78 is 0. The summed E-state index contributed by atoms with van der Waals surface area (Å²) >= 11 is 6.00. The van der Waals surface area contributed by atoms with E-state index >= 15 is 0 Å². The molecule has 2 aromatic rings. The van der Waals surface area contributed by atoms with Crippen LogP contribution in [-0.4, -0.2) is 10.8 Å². The first-order chi connectivity index (χ1) is 11.9. The molecule has 25 heavy (non-hydrogen) atoms. The van der Waals surface area contributed by atoms with Gasteiger partial charge in [-0.25, -0.2) is 0 Å². The number of nitrogens with zero attached hydrogens (tertiary/aromatic N) is 2. The lowest BCUT2D eigenvalue weighted by atomic mass is 10.2. The van der Waals surface area contributed by atoms with Crippen LogP contribution in [-0.2, 0) is 4.79 Å². The molecule has 0 spiro atoms. The van der Waals surface area contributed by atoms with E-state index in [1.165, 1.54) is 30.5 Å². The second-order valence-electron chi connectivity index (χ2n) is 4.98. The Morgan fingerprint density at radius 3 is 2.56 bits per heavy atom. The molecule has 0 aliphatic carbocycles. The van der Waals surface area contributed by atoms with Crippen molar-refractivity contribution in [2.75, 3.05) is 10.6 Å². The van der Waals surface area contributed by atoms with Crippen molar-refractivity contribution in [2.24, 2.45) is 0 Å². The fourth-order valence-electron chi connectivity index (χ4n) is 1.92. The van der Waals surface area contributed by atoms with Gasteiger partial charge >= 0.3 is 0 Å². The first-order valence-electron chi connectivity index (χ1n) is 7.10. The molecule has 0 unspecified atom stereocenters. The van der Waals surface area contributed by atoms with E-state index in [-0.39, 0.29) is 11.3 Å². The van der Waals surface area contributed by atoms with E-state index < -0.39 is 10.8 Å². The molecule has 0 saturated heterocycles. The molecule has 0 fully saturated rings. The van der Waals surface area contributed by atoms with Gasteiger partial charge in [0.05, 0.1) is 4.92 Å². The van der Waals surface area contributed by atoms with E-state index in [0.29, 0.717) is 22.0 Å². The maximum atomic E-state index is 12.2. The number of amides is 1. The number of halogens is 1. The molecule has 0 bridgehead atoms. The molecule has 8 heteroatoms. The zero-order valence-electron chi connectivity index (χ0n) is 13.1. The monoisotopic (exact) mass is 356 g/mol. The van der Waals surface area contributed by atoms with Gasteiger partial charge in [0.15, 0.2) is 0 Å². The molecular formula is C17H13ClN4O3. The van der Waals surface area contributed by atoms with Crippen LogP contribution in [0.1, 0.15) is 5.56 Å². The third kappa shape index (κ3) is 4.56. The zero-order valence-corrected chi connectivity index (χ0v) is 13.9. The van der Waals surface area contributed by atoms with E-state index in [1.807, 2.05) is 0 Å². The van der Waals surface area contributed by atoms with Gasteiger partial charge in [-0.05, 0) is 36.8 Å². The molecule has 126 valence electrons. The smallest absolute Gasteiger partial charge is 0.269 e. The highest BCUT2D eigenvalue weighted by atomic mass is 35.5. The Bertz CT molecular complexity index is 886. The van der Waals surface area contributed by atoms with Gasteiger partial charge in [-0.3, -0.25) is 14.9 Å². The molecule has 0 aromatic heterocycles. The average Bonchev–Trinajstić information content (AvgIpc) is 2.60. The van der Waals surface area contributed by atoms with Crippen molar-refractivity contribution in [3.8, 4) is 6.07 Å². The lowest BCUT2D eigenvalue weighted by molar-refractivity contribution is -0.384. The Hall–Kier alpha value is -3.37. The summed E-state index contributed by atoms with van der Waals surface area (Å²) in [4.78, 5) is 22.3. The van der Waals surface area contributed by atoms with E-state index in [4.69, 9.17) is 16.9 Å². The topological polar surface area (TPSA) is 108 Å². The number of nitro benzene ring substituents is 1. The molecule has 0 atom stereocenters. The number of benzene rings is 2. The largest absolute Gasteiger partial charge is 0.360 e. The first-order valence-corrected chi connectivity index (χ1v) is 7.48. The van der Waals surface area contributed by atoms with E-state index in [0.717, 1.165) is 0 Å². The van der Waals surface area contributed by atoms with Crippen LogP contribution in [0, 0.1) is 28.4 Å². The van der Waals surface area contributed by atoms with Gasteiger partial charge in [-0.15, -0.1) is 0 Å². The zero-order chi connectivity index (χ0) is 18.4. The fraction of sp³-hybridized carbons (Fsp3) is 0.0588. The van der Waals surface area contributed by atoms with Crippen LogP contribution in [0.2, 0.25) is 5.02 Å². The summed E-state index contributed by atoms with van der Waals surface area (Å²) in [5.74, 6) is -0.595. The highest BCUT2D eigenvalue weighted by molar-refractivity contribution is 6.31. The third-order valence-electron chi connectivity index (χ3n) is 3.34. The molecule has 2 aromatic carbocycles. The average molecular weight is 357 g/mol. The fourth-order valence-corrected chi connectivity index (χ4v) is 2.09. The number of nitrogens with one attached hydrogen (secondary N) is 2. The van der Waals surface area contributed by atoms with Crippen LogP contribution in [0.25, 0.3) is 0 Å². The predicted octanol–water partition coefficient (Wildman–Crippen LogP) is 4.01. The molecule has 0 heterocycles. The first kappa shape index (κ1) is 18.0. The quantitative estimate of drug-likeness (QED) is 0.364. The minimum Gasteiger partial charge on any atom is -0.360 e. The Morgan fingerprint density at radius 2 is 1.96 bits per heavy atom. The van der Waals surface area contributed by atoms with Crippen molar-refractivity contribution < 1.29 is 9.72 Å². The summed E-state index contributed by atoms with van der Waals surface area (Å²) in [5, 5.41) is 25.6. The Morgan fingerprint density at radius 1 is 1.28 bits per heavy atom. The van der Waals surface area contributed by atoms with Gasteiger partial charge in [0, 0.05) is 34.7 Å². The van der Waals surface area contributed by atoms with Crippen molar-refractivity contribution >= 4 is 34.6 Å². The minimum absolute atomic E-state index is 0.0517. The molecule has 2 rings (SSSR count). The summed E-state index contributed by atoms with van der Waals surface area (Å²) in [5.41, 5.74) is 1.50. The highest BCUT2D eigenvalue weighted by Crippen LogP contribution is 2.23. The molecule has 0 aliphatic rings. The van der Waals surface area contributed by atoms with Gasteiger partial charge in [0.1, 0.15) is 11.6 Å².